The molecule has 0 aliphatic heterocycles. The molecule has 94 valence electrons. The number of nitrogens with one attached hydrogen (secondary N) is 1. The maximum Gasteiger partial charge on any atom is 0.265 e. The second-order valence-electron chi connectivity index (χ2n) is 3.71. The van der Waals surface area contributed by atoms with Crippen LogP contribution in [0, 0.1) is 0 Å². The second kappa shape index (κ2) is 6.04. The summed E-state index contributed by atoms with van der Waals surface area (Å²) in [4.78, 5) is 13.5. The van der Waals surface area contributed by atoms with E-state index < -0.39 is 0 Å². The summed E-state index contributed by atoms with van der Waals surface area (Å²) in [7, 11) is 1.63. The van der Waals surface area contributed by atoms with Crippen LogP contribution in [0.1, 0.15) is 15.2 Å². The predicted molar refractivity (Wildman–Crippen MR) is 76.7 cm³/mol. The van der Waals surface area contributed by atoms with Crippen LogP contribution < -0.4 is 5.32 Å². The smallest absolute Gasteiger partial charge is 0.265 e. The molecule has 18 heavy (non-hydrogen) atoms. The number of methoxy groups -OCH3 is 1. The molecule has 5 heteroatoms. The van der Waals surface area contributed by atoms with Gasteiger partial charge in [0.1, 0.15) is 0 Å². The lowest BCUT2D eigenvalue weighted by molar-refractivity contribution is 0.103. The van der Waals surface area contributed by atoms with Gasteiger partial charge in [0, 0.05) is 28.6 Å². The summed E-state index contributed by atoms with van der Waals surface area (Å²) in [6, 6.07) is 9.34. The zero-order valence-corrected chi connectivity index (χ0v) is 11.6. The fraction of sp³-hybridized carbons (Fsp3) is 0.154. The van der Waals surface area contributed by atoms with Gasteiger partial charge in [-0.05, 0) is 12.1 Å². The number of hydrogen-bond acceptors (Lipinski definition) is 4. The van der Waals surface area contributed by atoms with E-state index in [-0.39, 0.29) is 5.91 Å². The van der Waals surface area contributed by atoms with Crippen LogP contribution in [0.15, 0.2) is 40.6 Å². The zero-order valence-electron chi connectivity index (χ0n) is 9.84. The molecular weight excluding hydrogens is 266 g/mol. The van der Waals surface area contributed by atoms with Crippen molar-refractivity contribution in [2.24, 2.45) is 0 Å². The number of anilines is 1. The van der Waals surface area contributed by atoms with Gasteiger partial charge in [0.05, 0.1) is 11.5 Å². The summed E-state index contributed by atoms with van der Waals surface area (Å²) < 4.78 is 5.10. The van der Waals surface area contributed by atoms with Crippen molar-refractivity contribution in [2.75, 3.05) is 12.4 Å². The van der Waals surface area contributed by atoms with Crippen LogP contribution in [-0.4, -0.2) is 13.0 Å². The van der Waals surface area contributed by atoms with Crippen molar-refractivity contribution in [2.45, 2.75) is 11.5 Å². The van der Waals surface area contributed by atoms with Gasteiger partial charge >= 0.3 is 0 Å². The SMILES string of the molecule is COCc1ccccc1NC(=O)c1cc(S)cs1. The third-order valence-electron chi connectivity index (χ3n) is 2.37. The topological polar surface area (TPSA) is 38.3 Å². The predicted octanol–water partition coefficient (Wildman–Crippen LogP) is 3.44. The largest absolute Gasteiger partial charge is 0.380 e. The highest BCUT2D eigenvalue weighted by Crippen LogP contribution is 2.21. The summed E-state index contributed by atoms with van der Waals surface area (Å²) in [6.07, 6.45) is 0. The summed E-state index contributed by atoms with van der Waals surface area (Å²) >= 11 is 5.57. The van der Waals surface area contributed by atoms with E-state index in [1.54, 1.807) is 13.2 Å². The summed E-state index contributed by atoms with van der Waals surface area (Å²) in [5.74, 6) is -0.121. The van der Waals surface area contributed by atoms with E-state index in [0.717, 1.165) is 16.1 Å². The number of hydrogen-bond donors (Lipinski definition) is 2. The number of para-hydroxylation sites is 1. The number of rotatable bonds is 4. The van der Waals surface area contributed by atoms with Crippen LogP contribution in [0.4, 0.5) is 5.69 Å². The highest BCUT2D eigenvalue weighted by Gasteiger charge is 2.10. The molecule has 0 bridgehead atoms. The summed E-state index contributed by atoms with van der Waals surface area (Å²) in [6.45, 7) is 0.471. The van der Waals surface area contributed by atoms with E-state index in [9.17, 15) is 4.79 Å². The Labute approximate surface area is 115 Å². The van der Waals surface area contributed by atoms with Gasteiger partial charge in [-0.3, -0.25) is 4.79 Å². The summed E-state index contributed by atoms with van der Waals surface area (Å²) in [5, 5.41) is 4.71. The molecule has 0 saturated carbocycles. The molecule has 2 aromatic rings. The number of carbonyl (C=O) groups excluding carboxylic acids is 1. The molecule has 1 aromatic heterocycles. The average molecular weight is 279 g/mol. The molecular formula is C13H13NO2S2. The molecule has 0 atom stereocenters. The monoisotopic (exact) mass is 279 g/mol. The third kappa shape index (κ3) is 3.13. The molecule has 0 fully saturated rings. The lowest BCUT2D eigenvalue weighted by atomic mass is 10.2. The Morgan fingerprint density at radius 2 is 2.22 bits per heavy atom. The second-order valence-corrected chi connectivity index (χ2v) is 5.14. The Morgan fingerprint density at radius 1 is 1.44 bits per heavy atom. The molecule has 0 saturated heterocycles. The molecule has 2 rings (SSSR count). The number of carbonyl (C=O) groups is 1. The van der Waals surface area contributed by atoms with Crippen LogP contribution in [0.3, 0.4) is 0 Å². The first kappa shape index (κ1) is 13.1. The number of amides is 1. The number of ether oxygens (including phenoxy) is 1. The molecule has 0 radical (unpaired) electrons. The number of thiophene rings is 1. The van der Waals surface area contributed by atoms with E-state index in [1.807, 2.05) is 29.6 Å². The quantitative estimate of drug-likeness (QED) is 0.841. The first-order valence-corrected chi connectivity index (χ1v) is 6.69. The van der Waals surface area contributed by atoms with Crippen LogP contribution >= 0.6 is 24.0 Å². The zero-order chi connectivity index (χ0) is 13.0. The Hall–Kier alpha value is -1.30. The molecule has 0 aliphatic rings. The third-order valence-corrected chi connectivity index (χ3v) is 3.74. The van der Waals surface area contributed by atoms with Gasteiger partial charge < -0.3 is 10.1 Å². The van der Waals surface area contributed by atoms with Gasteiger partial charge in [-0.1, -0.05) is 18.2 Å². The minimum Gasteiger partial charge on any atom is -0.380 e. The van der Waals surface area contributed by atoms with Crippen molar-refractivity contribution in [3.63, 3.8) is 0 Å². The lowest BCUT2D eigenvalue weighted by Crippen LogP contribution is -2.12. The Bertz CT molecular complexity index is 551. The number of benzene rings is 1. The standard InChI is InChI=1S/C13H13NO2S2/c1-16-7-9-4-2-3-5-11(9)14-13(15)12-6-10(17)8-18-12/h2-6,8,17H,7H2,1H3,(H,14,15). The Kier molecular flexibility index (Phi) is 4.41. The molecule has 0 unspecified atom stereocenters. The van der Waals surface area contributed by atoms with Crippen LogP contribution in [0.2, 0.25) is 0 Å². The van der Waals surface area contributed by atoms with Crippen LogP contribution in [-0.2, 0) is 11.3 Å². The van der Waals surface area contributed by atoms with Crippen LogP contribution in [0.25, 0.3) is 0 Å². The highest BCUT2D eigenvalue weighted by molar-refractivity contribution is 7.80. The van der Waals surface area contributed by atoms with Gasteiger partial charge in [-0.15, -0.1) is 24.0 Å². The molecule has 3 nitrogen and oxygen atoms in total. The lowest BCUT2D eigenvalue weighted by Gasteiger charge is -2.09. The minimum atomic E-state index is -0.121. The van der Waals surface area contributed by atoms with Gasteiger partial charge in [-0.25, -0.2) is 0 Å². The van der Waals surface area contributed by atoms with E-state index in [1.165, 1.54) is 11.3 Å². The van der Waals surface area contributed by atoms with E-state index >= 15 is 0 Å². The van der Waals surface area contributed by atoms with Crippen molar-refractivity contribution in [1.29, 1.82) is 0 Å². The van der Waals surface area contributed by atoms with Crippen molar-refractivity contribution in [1.82, 2.24) is 0 Å². The Morgan fingerprint density at radius 3 is 2.89 bits per heavy atom. The van der Waals surface area contributed by atoms with E-state index in [2.05, 4.69) is 17.9 Å². The van der Waals surface area contributed by atoms with Crippen molar-refractivity contribution in [3.05, 3.63) is 46.2 Å². The molecule has 1 N–H and O–H groups in total. The highest BCUT2D eigenvalue weighted by atomic mass is 32.1. The van der Waals surface area contributed by atoms with Crippen molar-refractivity contribution < 1.29 is 9.53 Å². The molecule has 1 amide bonds. The molecule has 0 spiro atoms. The van der Waals surface area contributed by atoms with Crippen molar-refractivity contribution in [3.8, 4) is 0 Å². The fourth-order valence-corrected chi connectivity index (χ4v) is 2.60. The van der Waals surface area contributed by atoms with E-state index in [0.29, 0.717) is 11.5 Å². The van der Waals surface area contributed by atoms with E-state index in [4.69, 9.17) is 4.74 Å². The average Bonchev–Trinajstić information content (AvgIpc) is 2.79. The Balaban J connectivity index is 2.16. The fourth-order valence-electron chi connectivity index (χ4n) is 1.55. The maximum absolute atomic E-state index is 12.0. The van der Waals surface area contributed by atoms with Gasteiger partial charge in [0.2, 0.25) is 0 Å². The van der Waals surface area contributed by atoms with Gasteiger partial charge in [0.25, 0.3) is 5.91 Å². The summed E-state index contributed by atoms with van der Waals surface area (Å²) in [5.41, 5.74) is 1.73. The van der Waals surface area contributed by atoms with Crippen molar-refractivity contribution >= 4 is 35.6 Å². The maximum atomic E-state index is 12.0. The van der Waals surface area contributed by atoms with Gasteiger partial charge in [-0.2, -0.15) is 0 Å². The molecule has 0 aliphatic carbocycles. The first-order valence-electron chi connectivity index (χ1n) is 5.36. The molecule has 1 heterocycles. The van der Waals surface area contributed by atoms with Crippen LogP contribution in [0.5, 0.6) is 0 Å². The molecule has 1 aromatic carbocycles. The number of thiol groups is 1. The minimum absolute atomic E-state index is 0.121. The first-order chi connectivity index (χ1) is 8.70. The van der Waals surface area contributed by atoms with Gasteiger partial charge in [0.15, 0.2) is 0 Å². The normalized spacial score (nSPS) is 10.3.